The molecule has 7 heteroatoms. The number of fused-ring (bicyclic) bond motifs is 4. The van der Waals surface area contributed by atoms with Gasteiger partial charge >= 0.3 is 458 Å². The van der Waals surface area contributed by atoms with E-state index in [1.165, 1.54) is 193 Å². The van der Waals surface area contributed by atoms with Gasteiger partial charge in [-0.2, -0.15) is 0 Å². The summed E-state index contributed by atoms with van der Waals surface area (Å²) in [5.74, 6) is 0. The molecule has 2 unspecified atom stereocenters. The minimum atomic E-state index is -3.96. The third-order valence-corrected chi connectivity index (χ3v) is 61.4. The fourth-order valence-corrected chi connectivity index (χ4v) is 58.7. The summed E-state index contributed by atoms with van der Waals surface area (Å²) in [5, 5.41) is 5.11. The molecule has 0 spiro atoms. The van der Waals surface area contributed by atoms with Crippen LogP contribution in [0.15, 0.2) is 132 Å². The van der Waals surface area contributed by atoms with E-state index in [1.54, 1.807) is 0 Å². The van der Waals surface area contributed by atoms with Gasteiger partial charge in [-0.1, -0.05) is 0 Å². The molecule has 71 heavy (non-hydrogen) atoms. The number of allylic oxidation sites excluding steroid dienone is 2. The van der Waals surface area contributed by atoms with E-state index in [4.69, 9.17) is 34.1 Å². The van der Waals surface area contributed by atoms with Crippen molar-refractivity contribution in [3.8, 4) is 22.3 Å². The Hall–Kier alpha value is -1.54. The molecule has 6 aromatic carbocycles. The van der Waals surface area contributed by atoms with Gasteiger partial charge in [-0.25, -0.2) is 0 Å². The van der Waals surface area contributed by atoms with Gasteiger partial charge < -0.3 is 0 Å². The normalized spacial score (nSPS) is 20.9. The van der Waals surface area contributed by atoms with Crippen LogP contribution in [0.5, 0.6) is 0 Å². The zero-order valence-electron chi connectivity index (χ0n) is 42.6. The standard InChI is InChI=1S/2C31H35.C2H6Si.4ClH.2Zr/c2*1-2-31(18-9-5-3-4-6-10-19-31)23-24-20-27-14-11-15-29(30(27)21-24)28-17-16-25-12-7-8-13-26(25)22-28;1-3-2;;;;;;/h2*7-8,11-17,20-22H,2-6,9-10,18-19,23H2,1H3;1-3H2;4*1H;;/q;;;;;;;2*+2/p-4. The first-order valence-electron chi connectivity index (χ1n) is 27.9. The van der Waals surface area contributed by atoms with Crippen LogP contribution in [0, 0.1) is 10.8 Å². The Kier molecular flexibility index (Phi) is 17.4. The van der Waals surface area contributed by atoms with Crippen LogP contribution >= 0.6 is 34.1 Å². The van der Waals surface area contributed by atoms with Gasteiger partial charge in [0.25, 0.3) is 0 Å². The average molecular weight is 1200 g/mol. The van der Waals surface area contributed by atoms with Crippen molar-refractivity contribution >= 4 is 77.3 Å². The van der Waals surface area contributed by atoms with Gasteiger partial charge in [-0.3, -0.25) is 0 Å². The molecular weight excluding hydrogens is 1120 g/mol. The second-order valence-corrected chi connectivity index (χ2v) is 60.4. The second-order valence-electron chi connectivity index (χ2n) is 22.7. The van der Waals surface area contributed by atoms with E-state index in [9.17, 15) is 0 Å². The molecule has 0 radical (unpaired) electrons. The SMILES string of the molecule is CCC1(CC2=Cc3c(-c4ccc5ccccc5c4)cccc3[CH]2[Zr]([Cl])([Cl])[CH2][SiH2][CH2][Zr]([Cl])([Cl])[CH]2C(CC3(CC)CCCCCCCC3)=Cc3c(-c4ccc5ccccc5c4)cccc32)CCCCCCCC1. The second kappa shape index (κ2) is 23.4. The average Bonchev–Trinajstić information content (AvgIpc) is 4.01. The molecule has 0 nitrogen and oxygen atoms in total. The molecule has 0 aliphatic heterocycles. The van der Waals surface area contributed by atoms with E-state index in [1.807, 2.05) is 0 Å². The third kappa shape index (κ3) is 11.7. The van der Waals surface area contributed by atoms with Crippen LogP contribution < -0.4 is 0 Å². The fraction of sp³-hybridized carbons (Fsp3) is 0.438. The predicted octanol–water partition coefficient (Wildman–Crippen LogP) is 21.6. The van der Waals surface area contributed by atoms with E-state index in [-0.39, 0.29) is 7.25 Å². The molecule has 0 heterocycles. The number of halogens is 4. The van der Waals surface area contributed by atoms with Crippen LogP contribution in [-0.2, 0) is 35.8 Å². The molecule has 0 N–H and O–H groups in total. The van der Waals surface area contributed by atoms with Crippen LogP contribution in [-0.4, -0.2) is 9.52 Å². The monoisotopic (exact) mass is 1190 g/mol. The summed E-state index contributed by atoms with van der Waals surface area (Å²) in [7, 11) is 32.3. The molecule has 2 atom stereocenters. The van der Waals surface area contributed by atoms with Gasteiger partial charge in [0.05, 0.1) is 0 Å². The topological polar surface area (TPSA) is 0 Å². The zero-order valence-corrected chi connectivity index (χ0v) is 52.0. The molecule has 4 aliphatic rings. The van der Waals surface area contributed by atoms with Crippen molar-refractivity contribution in [2.24, 2.45) is 10.8 Å². The van der Waals surface area contributed by atoms with E-state index >= 15 is 0 Å². The molecule has 0 aromatic heterocycles. The number of benzene rings is 6. The predicted molar refractivity (Wildman–Crippen MR) is 310 cm³/mol. The van der Waals surface area contributed by atoms with Crippen molar-refractivity contribution in [2.45, 2.75) is 157 Å². The molecule has 0 amide bonds. The molecule has 2 fully saturated rings. The van der Waals surface area contributed by atoms with Crippen LogP contribution in [0.25, 0.3) is 56.0 Å². The number of hydrogen-bond donors (Lipinski definition) is 0. The summed E-state index contributed by atoms with van der Waals surface area (Å²) in [6, 6.07) is 45.5. The first kappa shape index (κ1) is 52.9. The van der Waals surface area contributed by atoms with Gasteiger partial charge in [0.2, 0.25) is 0 Å². The summed E-state index contributed by atoms with van der Waals surface area (Å²) in [6.07, 6.45) is 31.3. The minimum absolute atomic E-state index is 0.141. The Morgan fingerprint density at radius 1 is 0.437 bits per heavy atom. The van der Waals surface area contributed by atoms with E-state index in [0.717, 1.165) is 20.3 Å². The Balaban J connectivity index is 0.975. The quantitative estimate of drug-likeness (QED) is 0.0954. The summed E-state index contributed by atoms with van der Waals surface area (Å²) in [6.45, 7) is 4.92. The van der Waals surface area contributed by atoms with Crippen molar-refractivity contribution in [1.82, 2.24) is 0 Å². The van der Waals surface area contributed by atoms with Gasteiger partial charge in [0.1, 0.15) is 0 Å². The van der Waals surface area contributed by atoms with Crippen molar-refractivity contribution in [3.63, 3.8) is 0 Å². The summed E-state index contributed by atoms with van der Waals surface area (Å²) in [4.78, 5) is 0. The maximum atomic E-state index is 8.26. The van der Waals surface area contributed by atoms with E-state index in [2.05, 4.69) is 147 Å². The van der Waals surface area contributed by atoms with Crippen LogP contribution in [0.3, 0.4) is 0 Å². The molecular formula is C64H76Cl4SiZr2. The van der Waals surface area contributed by atoms with Crippen molar-refractivity contribution in [2.75, 3.05) is 0 Å². The molecule has 0 saturated heterocycles. The van der Waals surface area contributed by atoms with E-state index < -0.39 is 45.3 Å². The number of rotatable bonds is 14. The Morgan fingerprint density at radius 3 is 1.18 bits per heavy atom. The van der Waals surface area contributed by atoms with Gasteiger partial charge in [0.15, 0.2) is 0 Å². The zero-order chi connectivity index (χ0) is 49.1. The molecule has 2 saturated carbocycles. The molecule has 10 rings (SSSR count). The van der Waals surface area contributed by atoms with E-state index in [0.29, 0.717) is 10.8 Å². The van der Waals surface area contributed by atoms with Gasteiger partial charge in [0, 0.05) is 0 Å². The van der Waals surface area contributed by atoms with Crippen LogP contribution in [0.1, 0.15) is 172 Å². The van der Waals surface area contributed by atoms with Crippen LogP contribution in [0.4, 0.5) is 0 Å². The maximum absolute atomic E-state index is 8.26. The third-order valence-electron chi connectivity index (χ3n) is 18.3. The fourth-order valence-electron chi connectivity index (χ4n) is 14.1. The van der Waals surface area contributed by atoms with Crippen molar-refractivity contribution in [3.05, 3.63) is 155 Å². The Morgan fingerprint density at radius 2 is 0.803 bits per heavy atom. The summed E-state index contributed by atoms with van der Waals surface area (Å²) < 4.78 is 2.26. The number of hydrogen-bond acceptors (Lipinski definition) is 0. The van der Waals surface area contributed by atoms with Crippen molar-refractivity contribution in [1.29, 1.82) is 0 Å². The Bertz CT molecular complexity index is 2680. The van der Waals surface area contributed by atoms with Crippen molar-refractivity contribution < 1.29 is 35.8 Å². The Labute approximate surface area is 453 Å². The first-order chi connectivity index (χ1) is 34.5. The first-order valence-corrected chi connectivity index (χ1v) is 48.9. The summed E-state index contributed by atoms with van der Waals surface area (Å²) in [5.41, 5.74) is 14.3. The van der Waals surface area contributed by atoms with Gasteiger partial charge in [-0.15, -0.1) is 0 Å². The van der Waals surface area contributed by atoms with Crippen LogP contribution in [0.2, 0.25) is 7.50 Å². The van der Waals surface area contributed by atoms with Gasteiger partial charge in [-0.05, 0) is 0 Å². The molecule has 6 aromatic rings. The molecule has 4 aliphatic carbocycles. The summed E-state index contributed by atoms with van der Waals surface area (Å²) >= 11 is -7.92. The molecule has 372 valence electrons. The molecule has 0 bridgehead atoms.